The number of sulfonamides is 1. The van der Waals surface area contributed by atoms with E-state index in [4.69, 9.17) is 4.74 Å². The van der Waals surface area contributed by atoms with Crippen molar-refractivity contribution in [1.82, 2.24) is 5.32 Å². The van der Waals surface area contributed by atoms with Crippen molar-refractivity contribution in [3.63, 3.8) is 0 Å². The Labute approximate surface area is 198 Å². The molecule has 0 spiro atoms. The molecule has 0 unspecified atom stereocenters. The molecule has 33 heavy (non-hydrogen) atoms. The predicted molar refractivity (Wildman–Crippen MR) is 133 cm³/mol. The highest BCUT2D eigenvalue weighted by atomic mass is 32.2. The number of hydrogen-bond donors (Lipinski definition) is 1. The molecule has 2 aromatic carbocycles. The average Bonchev–Trinajstić information content (AvgIpc) is 2.80. The van der Waals surface area contributed by atoms with Crippen molar-refractivity contribution in [2.45, 2.75) is 64.8 Å². The smallest absolute Gasteiger partial charge is 0.232 e. The fraction of sp³-hybridized carbons (Fsp3) is 0.500. The molecular weight excluding hydrogens is 436 g/mol. The molecule has 180 valence electrons. The zero-order chi connectivity index (χ0) is 23.8. The van der Waals surface area contributed by atoms with Gasteiger partial charge >= 0.3 is 0 Å². The highest BCUT2D eigenvalue weighted by Gasteiger charge is 2.22. The maximum atomic E-state index is 12.7. The Morgan fingerprint density at radius 3 is 2.52 bits per heavy atom. The molecule has 0 radical (unpaired) electrons. The van der Waals surface area contributed by atoms with Crippen LogP contribution in [0.2, 0.25) is 0 Å². The molecule has 0 saturated heterocycles. The molecule has 7 heteroatoms. The number of ether oxygens (including phenoxy) is 1. The van der Waals surface area contributed by atoms with Gasteiger partial charge in [-0.05, 0) is 74.3 Å². The van der Waals surface area contributed by atoms with Gasteiger partial charge in [0.25, 0.3) is 0 Å². The fourth-order valence-corrected chi connectivity index (χ4v) is 5.42. The second-order valence-corrected chi connectivity index (χ2v) is 10.5. The molecular formula is C26H36N2O4S. The summed E-state index contributed by atoms with van der Waals surface area (Å²) in [4.78, 5) is 12.7. The van der Waals surface area contributed by atoms with Crippen molar-refractivity contribution in [2.75, 3.05) is 23.7 Å². The van der Waals surface area contributed by atoms with Crippen LogP contribution in [0.15, 0.2) is 42.5 Å². The first-order valence-corrected chi connectivity index (χ1v) is 13.8. The van der Waals surface area contributed by atoms with Crippen LogP contribution >= 0.6 is 0 Å². The minimum atomic E-state index is -3.51. The number of fused-ring (bicyclic) bond motifs is 1. The molecule has 1 aliphatic carbocycles. The number of anilines is 1. The molecule has 0 heterocycles. The number of hydrogen-bond acceptors (Lipinski definition) is 4. The van der Waals surface area contributed by atoms with Crippen LogP contribution in [0.25, 0.3) is 0 Å². The normalized spacial score (nSPS) is 14.3. The van der Waals surface area contributed by atoms with E-state index in [1.54, 1.807) is 18.2 Å². The highest BCUT2D eigenvalue weighted by molar-refractivity contribution is 7.92. The number of carbonyl (C=O) groups is 1. The molecule has 1 N–H and O–H groups in total. The van der Waals surface area contributed by atoms with E-state index in [2.05, 4.69) is 30.4 Å². The van der Waals surface area contributed by atoms with E-state index in [1.807, 2.05) is 13.0 Å². The maximum Gasteiger partial charge on any atom is 0.232 e. The van der Waals surface area contributed by atoms with Gasteiger partial charge in [0.2, 0.25) is 15.9 Å². The predicted octanol–water partition coefficient (Wildman–Crippen LogP) is 4.78. The van der Waals surface area contributed by atoms with E-state index in [0.717, 1.165) is 24.8 Å². The van der Waals surface area contributed by atoms with Crippen molar-refractivity contribution in [3.05, 3.63) is 59.2 Å². The Balaban J connectivity index is 1.62. The van der Waals surface area contributed by atoms with Crippen molar-refractivity contribution in [1.29, 1.82) is 0 Å². The zero-order valence-electron chi connectivity index (χ0n) is 20.0. The maximum absolute atomic E-state index is 12.7. The number of aryl methyl sites for hydroxylation is 2. The summed E-state index contributed by atoms with van der Waals surface area (Å²) >= 11 is 0. The van der Waals surface area contributed by atoms with E-state index in [9.17, 15) is 13.2 Å². The van der Waals surface area contributed by atoms with Crippen molar-refractivity contribution >= 4 is 21.6 Å². The minimum Gasteiger partial charge on any atom is -0.492 e. The summed E-state index contributed by atoms with van der Waals surface area (Å²) in [5.74, 6) is 0.458. The van der Waals surface area contributed by atoms with E-state index in [-0.39, 0.29) is 24.9 Å². The Morgan fingerprint density at radius 2 is 1.82 bits per heavy atom. The topological polar surface area (TPSA) is 75.7 Å². The number of rotatable bonds is 11. The second kappa shape index (κ2) is 11.5. The van der Waals surface area contributed by atoms with Gasteiger partial charge < -0.3 is 10.1 Å². The summed E-state index contributed by atoms with van der Waals surface area (Å²) in [5, 5.41) is 3.14. The summed E-state index contributed by atoms with van der Waals surface area (Å²) in [5.41, 5.74) is 4.49. The second-order valence-electron chi connectivity index (χ2n) is 8.60. The molecule has 2 aromatic rings. The number of carbonyl (C=O) groups excluding carboxylic acids is 1. The quantitative estimate of drug-likeness (QED) is 0.511. The van der Waals surface area contributed by atoms with Gasteiger partial charge in [-0.2, -0.15) is 0 Å². The highest BCUT2D eigenvalue weighted by Crippen LogP contribution is 2.30. The van der Waals surface area contributed by atoms with Crippen LogP contribution in [0.4, 0.5) is 5.69 Å². The van der Waals surface area contributed by atoms with Gasteiger partial charge in [-0.3, -0.25) is 9.10 Å². The van der Waals surface area contributed by atoms with E-state index < -0.39 is 10.0 Å². The minimum absolute atomic E-state index is 0.0329. The van der Waals surface area contributed by atoms with Crippen LogP contribution in [-0.2, 0) is 27.7 Å². The molecule has 1 aliphatic rings. The van der Waals surface area contributed by atoms with E-state index in [0.29, 0.717) is 24.5 Å². The van der Waals surface area contributed by atoms with Crippen molar-refractivity contribution in [3.8, 4) is 5.75 Å². The lowest BCUT2D eigenvalue weighted by molar-refractivity contribution is -0.121. The number of nitrogens with one attached hydrogen (secondary N) is 1. The zero-order valence-corrected chi connectivity index (χ0v) is 20.8. The van der Waals surface area contributed by atoms with Gasteiger partial charge in [0.1, 0.15) is 5.75 Å². The molecule has 0 aromatic heterocycles. The third-order valence-corrected chi connectivity index (χ3v) is 7.30. The Morgan fingerprint density at radius 1 is 1.09 bits per heavy atom. The lowest BCUT2D eigenvalue weighted by Gasteiger charge is -2.25. The Kier molecular flexibility index (Phi) is 8.78. The molecule has 0 aliphatic heterocycles. The lowest BCUT2D eigenvalue weighted by Crippen LogP contribution is -2.33. The number of amides is 1. The van der Waals surface area contributed by atoms with Gasteiger partial charge in [0.05, 0.1) is 24.6 Å². The summed E-state index contributed by atoms with van der Waals surface area (Å²) in [6.45, 7) is 4.59. The van der Waals surface area contributed by atoms with Crippen LogP contribution in [0, 0.1) is 0 Å². The van der Waals surface area contributed by atoms with Crippen molar-refractivity contribution < 1.29 is 17.9 Å². The molecule has 0 fully saturated rings. The van der Waals surface area contributed by atoms with Gasteiger partial charge in [0, 0.05) is 13.0 Å². The average molecular weight is 473 g/mol. The van der Waals surface area contributed by atoms with Crippen LogP contribution in [0.1, 0.15) is 68.7 Å². The first-order chi connectivity index (χ1) is 15.8. The largest absolute Gasteiger partial charge is 0.492 e. The first kappa shape index (κ1) is 25.1. The third-order valence-electron chi connectivity index (χ3n) is 6.12. The molecule has 0 saturated carbocycles. The van der Waals surface area contributed by atoms with E-state index >= 15 is 0 Å². The van der Waals surface area contributed by atoms with Crippen molar-refractivity contribution in [2.24, 2.45) is 0 Å². The van der Waals surface area contributed by atoms with Crippen LogP contribution in [0.3, 0.4) is 0 Å². The summed E-state index contributed by atoms with van der Waals surface area (Å²) < 4.78 is 31.9. The number of nitrogens with zero attached hydrogens (tertiary/aromatic N) is 1. The van der Waals surface area contributed by atoms with Crippen LogP contribution < -0.4 is 14.4 Å². The summed E-state index contributed by atoms with van der Waals surface area (Å²) in [7, 11) is -3.51. The van der Waals surface area contributed by atoms with Crippen LogP contribution in [-0.4, -0.2) is 33.7 Å². The molecule has 1 amide bonds. The fourth-order valence-electron chi connectivity index (χ4n) is 4.45. The monoisotopic (exact) mass is 472 g/mol. The molecule has 6 nitrogen and oxygen atoms in total. The Bertz CT molecular complexity index is 1050. The number of para-hydroxylation sites is 2. The third kappa shape index (κ3) is 6.73. The molecule has 1 atom stereocenters. The van der Waals surface area contributed by atoms with Crippen LogP contribution in [0.5, 0.6) is 5.75 Å². The Hall–Kier alpha value is -2.54. The van der Waals surface area contributed by atoms with Gasteiger partial charge in [-0.15, -0.1) is 0 Å². The molecule has 3 rings (SSSR count). The number of benzene rings is 2. The molecule has 0 bridgehead atoms. The van der Waals surface area contributed by atoms with Gasteiger partial charge in [-0.1, -0.05) is 37.3 Å². The SMILES string of the molecule is CCOc1ccccc1N(CCCC(=O)N[C@H](CC)c1ccc2c(c1)CCCC2)S(C)(=O)=O. The lowest BCUT2D eigenvalue weighted by atomic mass is 9.89. The summed E-state index contributed by atoms with van der Waals surface area (Å²) in [6, 6.07) is 13.6. The first-order valence-electron chi connectivity index (χ1n) is 11.9. The van der Waals surface area contributed by atoms with Gasteiger partial charge in [0.15, 0.2) is 0 Å². The standard InChI is InChI=1S/C26H36N2O4S/c1-4-23(22-17-16-20-11-6-7-12-21(20)19-22)27-26(29)15-10-18-28(33(3,30)31)24-13-8-9-14-25(24)32-5-2/h8-9,13-14,16-17,19,23H,4-7,10-12,15,18H2,1-3H3,(H,27,29)/t23-/m1/s1. The van der Waals surface area contributed by atoms with E-state index in [1.165, 1.54) is 34.5 Å². The summed E-state index contributed by atoms with van der Waals surface area (Å²) in [6.07, 6.45) is 7.38. The van der Waals surface area contributed by atoms with Gasteiger partial charge in [-0.25, -0.2) is 8.42 Å².